The Morgan fingerprint density at radius 2 is 2.15 bits per heavy atom. The number of carbonyl (C=O) groups is 1. The number of nitrogens with zero attached hydrogens (tertiary/aromatic N) is 2. The molecule has 106 valence electrons. The zero-order chi connectivity index (χ0) is 14.9. The summed E-state index contributed by atoms with van der Waals surface area (Å²) in [5.74, 6) is -1.22. The summed E-state index contributed by atoms with van der Waals surface area (Å²) in [4.78, 5) is 41.4. The van der Waals surface area contributed by atoms with Crippen LogP contribution in [0.25, 0.3) is 11.0 Å². The Balaban J connectivity index is 2.91. The van der Waals surface area contributed by atoms with Gasteiger partial charge in [-0.2, -0.15) is 0 Å². The van der Waals surface area contributed by atoms with E-state index in [1.165, 1.54) is 10.6 Å². The van der Waals surface area contributed by atoms with Gasteiger partial charge in [-0.05, 0) is 19.4 Å². The van der Waals surface area contributed by atoms with Gasteiger partial charge in [0, 0.05) is 12.2 Å². The number of hydrogen-bond acceptors (Lipinski definition) is 4. The van der Waals surface area contributed by atoms with Crippen LogP contribution in [-0.2, 0) is 6.54 Å². The van der Waals surface area contributed by atoms with E-state index in [0.29, 0.717) is 12.2 Å². The van der Waals surface area contributed by atoms with Crippen molar-refractivity contribution in [2.45, 2.75) is 33.2 Å². The number of carboxylic acid groups (broad SMARTS) is 1. The summed E-state index contributed by atoms with van der Waals surface area (Å²) in [5, 5.41) is 9.14. The summed E-state index contributed by atoms with van der Waals surface area (Å²) in [6, 6.07) is 1.33. The third-order valence-corrected chi connectivity index (χ3v) is 3.04. The van der Waals surface area contributed by atoms with Gasteiger partial charge in [0.05, 0.1) is 10.9 Å². The molecule has 0 atom stereocenters. The molecule has 0 saturated heterocycles. The van der Waals surface area contributed by atoms with E-state index in [1.807, 2.05) is 6.92 Å². The van der Waals surface area contributed by atoms with Crippen molar-refractivity contribution in [1.82, 2.24) is 14.5 Å². The van der Waals surface area contributed by atoms with Gasteiger partial charge in [0.2, 0.25) is 0 Å². The molecule has 7 heteroatoms. The molecule has 0 spiro atoms. The lowest BCUT2D eigenvalue weighted by molar-refractivity contribution is 0.0698. The van der Waals surface area contributed by atoms with E-state index in [0.717, 1.165) is 12.8 Å². The number of carboxylic acids is 1. The Morgan fingerprint density at radius 1 is 1.45 bits per heavy atom. The minimum absolute atomic E-state index is 0.0567. The van der Waals surface area contributed by atoms with Crippen LogP contribution in [0, 0.1) is 6.92 Å². The molecular weight excluding hydrogens is 262 g/mol. The maximum Gasteiger partial charge on any atom is 0.336 e. The molecule has 2 aromatic heterocycles. The molecule has 7 nitrogen and oxygen atoms in total. The number of nitrogens with one attached hydrogen (secondary N) is 1. The quantitative estimate of drug-likeness (QED) is 0.863. The number of unbranched alkanes of at least 4 members (excludes halogenated alkanes) is 1. The van der Waals surface area contributed by atoms with Gasteiger partial charge >= 0.3 is 11.7 Å². The Kier molecular flexibility index (Phi) is 3.69. The van der Waals surface area contributed by atoms with Crippen LogP contribution < -0.4 is 11.2 Å². The second kappa shape index (κ2) is 5.28. The monoisotopic (exact) mass is 277 g/mol. The number of aryl methyl sites for hydroxylation is 2. The normalized spacial score (nSPS) is 10.9. The molecule has 2 aromatic rings. The SMILES string of the molecule is CCCCn1c(=O)[nH]c(=O)c2c(C(=O)O)cc(C)nc21. The molecule has 20 heavy (non-hydrogen) atoms. The van der Waals surface area contributed by atoms with E-state index in [4.69, 9.17) is 0 Å². The molecule has 0 radical (unpaired) electrons. The number of H-pyrrole nitrogens is 1. The number of fused-ring (bicyclic) bond motifs is 1. The van der Waals surface area contributed by atoms with Gasteiger partial charge in [-0.1, -0.05) is 13.3 Å². The molecule has 0 amide bonds. The van der Waals surface area contributed by atoms with Crippen LogP contribution in [-0.4, -0.2) is 25.6 Å². The van der Waals surface area contributed by atoms with Crippen LogP contribution >= 0.6 is 0 Å². The summed E-state index contributed by atoms with van der Waals surface area (Å²) >= 11 is 0. The van der Waals surface area contributed by atoms with Crippen molar-refractivity contribution in [3.05, 3.63) is 38.2 Å². The third-order valence-electron chi connectivity index (χ3n) is 3.04. The standard InChI is InChI=1S/C13H15N3O4/c1-3-4-5-16-10-9(11(17)15-13(16)20)8(12(18)19)6-7(2)14-10/h6H,3-5H2,1-2H3,(H,18,19)(H,15,17,20). The third kappa shape index (κ3) is 2.34. The second-order valence-corrected chi connectivity index (χ2v) is 4.58. The Labute approximate surface area is 113 Å². The van der Waals surface area contributed by atoms with E-state index in [9.17, 15) is 19.5 Å². The first-order valence-corrected chi connectivity index (χ1v) is 6.33. The van der Waals surface area contributed by atoms with Crippen molar-refractivity contribution in [2.24, 2.45) is 0 Å². The molecule has 2 heterocycles. The van der Waals surface area contributed by atoms with Crippen molar-refractivity contribution < 1.29 is 9.90 Å². The maximum atomic E-state index is 11.9. The van der Waals surface area contributed by atoms with Gasteiger partial charge in [0.1, 0.15) is 0 Å². The van der Waals surface area contributed by atoms with Crippen molar-refractivity contribution in [3.8, 4) is 0 Å². The lowest BCUT2D eigenvalue weighted by Crippen LogP contribution is -2.32. The number of aromatic amines is 1. The number of aromatic carboxylic acids is 1. The van der Waals surface area contributed by atoms with E-state index in [2.05, 4.69) is 9.97 Å². The Morgan fingerprint density at radius 3 is 2.75 bits per heavy atom. The van der Waals surface area contributed by atoms with E-state index in [1.54, 1.807) is 6.92 Å². The average Bonchev–Trinajstić information content (AvgIpc) is 2.37. The van der Waals surface area contributed by atoms with Crippen molar-refractivity contribution >= 4 is 17.0 Å². The highest BCUT2D eigenvalue weighted by Gasteiger charge is 2.17. The summed E-state index contributed by atoms with van der Waals surface area (Å²) in [5.41, 5.74) is -0.846. The second-order valence-electron chi connectivity index (χ2n) is 4.58. The lowest BCUT2D eigenvalue weighted by atomic mass is 10.1. The minimum atomic E-state index is -1.22. The topological polar surface area (TPSA) is 105 Å². The number of aromatic nitrogens is 3. The van der Waals surface area contributed by atoms with Crippen LogP contribution in [0.1, 0.15) is 35.8 Å². The molecular formula is C13H15N3O4. The van der Waals surface area contributed by atoms with E-state index in [-0.39, 0.29) is 16.6 Å². The largest absolute Gasteiger partial charge is 0.478 e. The van der Waals surface area contributed by atoms with Gasteiger partial charge in [-0.25, -0.2) is 14.6 Å². The molecule has 0 bridgehead atoms. The highest BCUT2D eigenvalue weighted by Crippen LogP contribution is 2.14. The van der Waals surface area contributed by atoms with Crippen LogP contribution in [0.3, 0.4) is 0 Å². The van der Waals surface area contributed by atoms with Gasteiger partial charge in [-0.3, -0.25) is 14.3 Å². The fourth-order valence-electron chi connectivity index (χ4n) is 2.09. The molecule has 0 aliphatic rings. The predicted octanol–water partition coefficient (Wildman–Crippen LogP) is 0.892. The maximum absolute atomic E-state index is 11.9. The van der Waals surface area contributed by atoms with Gasteiger partial charge in [0.15, 0.2) is 5.65 Å². The number of hydrogen-bond donors (Lipinski definition) is 2. The molecule has 0 aliphatic carbocycles. The Hall–Kier alpha value is -2.44. The number of pyridine rings is 1. The number of rotatable bonds is 4. The smallest absolute Gasteiger partial charge is 0.336 e. The average molecular weight is 277 g/mol. The van der Waals surface area contributed by atoms with E-state index >= 15 is 0 Å². The minimum Gasteiger partial charge on any atom is -0.478 e. The first kappa shape index (κ1) is 14.0. The van der Waals surface area contributed by atoms with Crippen molar-refractivity contribution in [1.29, 1.82) is 0 Å². The van der Waals surface area contributed by atoms with Crippen LogP contribution in [0.15, 0.2) is 15.7 Å². The molecule has 0 fully saturated rings. The molecule has 0 saturated carbocycles. The fourth-order valence-corrected chi connectivity index (χ4v) is 2.09. The molecule has 0 aromatic carbocycles. The highest BCUT2D eigenvalue weighted by molar-refractivity contribution is 6.01. The van der Waals surface area contributed by atoms with Crippen molar-refractivity contribution in [2.75, 3.05) is 0 Å². The van der Waals surface area contributed by atoms with Crippen molar-refractivity contribution in [3.63, 3.8) is 0 Å². The first-order valence-electron chi connectivity index (χ1n) is 6.33. The van der Waals surface area contributed by atoms with Gasteiger partial charge < -0.3 is 5.11 Å². The summed E-state index contributed by atoms with van der Waals surface area (Å²) in [6.07, 6.45) is 1.60. The molecule has 2 N–H and O–H groups in total. The van der Waals surface area contributed by atoms with Gasteiger partial charge in [0.25, 0.3) is 5.56 Å². The summed E-state index contributed by atoms with van der Waals surface area (Å²) < 4.78 is 1.32. The zero-order valence-electron chi connectivity index (χ0n) is 11.3. The molecule has 2 rings (SSSR count). The van der Waals surface area contributed by atoms with Crippen LogP contribution in [0.5, 0.6) is 0 Å². The predicted molar refractivity (Wildman–Crippen MR) is 73.2 cm³/mol. The fraction of sp³-hybridized carbons (Fsp3) is 0.385. The van der Waals surface area contributed by atoms with Gasteiger partial charge in [-0.15, -0.1) is 0 Å². The molecule has 0 unspecified atom stereocenters. The summed E-state index contributed by atoms with van der Waals surface area (Å²) in [6.45, 7) is 3.99. The Bertz CT molecular complexity index is 789. The summed E-state index contributed by atoms with van der Waals surface area (Å²) in [7, 11) is 0. The van der Waals surface area contributed by atoms with Crippen LogP contribution in [0.4, 0.5) is 0 Å². The molecule has 0 aliphatic heterocycles. The lowest BCUT2D eigenvalue weighted by Gasteiger charge is -2.10. The first-order chi connectivity index (χ1) is 9.45. The van der Waals surface area contributed by atoms with E-state index < -0.39 is 17.2 Å². The highest BCUT2D eigenvalue weighted by atomic mass is 16.4. The zero-order valence-corrected chi connectivity index (χ0v) is 11.3. The van der Waals surface area contributed by atoms with Crippen LogP contribution in [0.2, 0.25) is 0 Å².